The van der Waals surface area contributed by atoms with Gasteiger partial charge in [0, 0.05) is 34.5 Å². The molecule has 6 aromatic rings. The number of carbonyl (C=O) groups excluding carboxylic acids is 3. The highest BCUT2D eigenvalue weighted by atomic mass is 16.6. The van der Waals surface area contributed by atoms with E-state index in [0.717, 1.165) is 77.6 Å². The van der Waals surface area contributed by atoms with Gasteiger partial charge in [0.1, 0.15) is 149 Å². The molecule has 6 aromatic carbocycles. The molecule has 0 bridgehead atoms. The van der Waals surface area contributed by atoms with Crippen LogP contribution in [0, 0.1) is 0 Å². The summed E-state index contributed by atoms with van der Waals surface area (Å²) >= 11 is 0. The van der Waals surface area contributed by atoms with Gasteiger partial charge >= 0.3 is 17.9 Å². The molecule has 0 spiro atoms. The minimum absolute atomic E-state index is 0.00284. The van der Waals surface area contributed by atoms with E-state index in [1.54, 1.807) is 0 Å². The fourth-order valence-corrected chi connectivity index (χ4v) is 9.96. The van der Waals surface area contributed by atoms with Gasteiger partial charge in [0.05, 0.1) is 59.5 Å². The Labute approximate surface area is 614 Å². The number of epoxide rings is 3. The molecular formula is C81H102O24. The maximum atomic E-state index is 11.1. The van der Waals surface area contributed by atoms with Crippen molar-refractivity contribution in [1.82, 2.24) is 0 Å². The van der Waals surface area contributed by atoms with Crippen LogP contribution in [-0.2, 0) is 73.3 Å². The van der Waals surface area contributed by atoms with Crippen molar-refractivity contribution < 1.29 is 116 Å². The minimum atomic E-state index is -1.01. The van der Waals surface area contributed by atoms with E-state index in [1.807, 2.05) is 109 Å². The molecule has 9 rings (SSSR count). The molecule has 570 valence electrons. The molecule has 0 saturated carbocycles. The summed E-state index contributed by atoms with van der Waals surface area (Å²) in [6, 6.07) is 47.2. The first-order chi connectivity index (χ1) is 50.3. The third-order valence-electron chi connectivity index (χ3n) is 16.9. The van der Waals surface area contributed by atoms with Crippen LogP contribution in [-0.4, -0.2) is 222 Å². The molecule has 3 aliphatic heterocycles. The minimum Gasteiger partial charge on any atom is -0.491 e. The zero-order valence-corrected chi connectivity index (χ0v) is 60.7. The van der Waals surface area contributed by atoms with Crippen LogP contribution in [0.4, 0.5) is 0 Å². The number of hydrogen-bond acceptors (Lipinski definition) is 24. The number of ether oxygens (including phenoxy) is 15. The molecule has 105 heavy (non-hydrogen) atoms. The van der Waals surface area contributed by atoms with Crippen LogP contribution in [0.15, 0.2) is 184 Å². The maximum absolute atomic E-state index is 11.1. The molecule has 0 amide bonds. The number of aliphatic hydroxyl groups is 6. The van der Waals surface area contributed by atoms with E-state index in [0.29, 0.717) is 37.1 Å². The molecule has 24 nitrogen and oxygen atoms in total. The Morgan fingerprint density at radius 1 is 0.324 bits per heavy atom. The second-order valence-electron chi connectivity index (χ2n) is 26.8. The van der Waals surface area contributed by atoms with Crippen molar-refractivity contribution >= 4 is 17.9 Å². The monoisotopic (exact) mass is 1460 g/mol. The SMILES string of the molecule is C=CC(=O)OCC(O)COCC(O)COc1ccc(C(C)(C)c2ccc(OCC(O)COC(=O)C=C)cc2)cc1.C=CC(=O)OCC(O)COCC(O)COc1ccc(C(C)(C)c2ccc(OCC3CO3)cc2)cc1.CC(C)(c1ccc(OCC(O)COCC2CO2)cc1)c1ccc(OCC2CO2)cc1. The number of aliphatic hydroxyl groups excluding tert-OH is 6. The van der Waals surface area contributed by atoms with E-state index < -0.39 is 54.5 Å². The Hall–Kier alpha value is -8.73. The van der Waals surface area contributed by atoms with Crippen LogP contribution >= 0.6 is 0 Å². The van der Waals surface area contributed by atoms with E-state index in [1.165, 1.54) is 11.1 Å². The average molecular weight is 1460 g/mol. The van der Waals surface area contributed by atoms with E-state index >= 15 is 0 Å². The first kappa shape index (κ1) is 83.5. The Kier molecular flexibility index (Phi) is 33.8. The molecule has 24 heteroatoms. The fraction of sp³-hybridized carbons (Fsp3) is 0.444. The summed E-state index contributed by atoms with van der Waals surface area (Å²) in [5.74, 6) is 2.35. The van der Waals surface area contributed by atoms with Crippen molar-refractivity contribution in [2.75, 3.05) is 119 Å². The summed E-state index contributed by atoms with van der Waals surface area (Å²) in [6.07, 6.45) is -1.66. The number of rotatable bonds is 45. The van der Waals surface area contributed by atoms with Gasteiger partial charge in [-0.25, -0.2) is 14.4 Å². The van der Waals surface area contributed by atoms with Gasteiger partial charge in [0.15, 0.2) is 0 Å². The van der Waals surface area contributed by atoms with E-state index in [2.05, 4.69) is 97.7 Å². The van der Waals surface area contributed by atoms with Crippen molar-refractivity contribution in [2.45, 2.75) is 113 Å². The highest BCUT2D eigenvalue weighted by molar-refractivity contribution is 5.81. The van der Waals surface area contributed by atoms with Crippen LogP contribution in [0.3, 0.4) is 0 Å². The van der Waals surface area contributed by atoms with Gasteiger partial charge in [0.25, 0.3) is 0 Å². The lowest BCUT2D eigenvalue weighted by Gasteiger charge is -2.26. The highest BCUT2D eigenvalue weighted by Crippen LogP contribution is 2.37. The predicted molar refractivity (Wildman–Crippen MR) is 389 cm³/mol. The number of hydrogen-bond donors (Lipinski definition) is 6. The maximum Gasteiger partial charge on any atom is 0.330 e. The second kappa shape index (κ2) is 42.4. The molecule has 3 fully saturated rings. The van der Waals surface area contributed by atoms with Gasteiger partial charge in [0.2, 0.25) is 0 Å². The van der Waals surface area contributed by atoms with Crippen molar-refractivity contribution in [1.29, 1.82) is 0 Å². The summed E-state index contributed by atoms with van der Waals surface area (Å²) in [5, 5.41) is 59.4. The molecule has 3 heterocycles. The quantitative estimate of drug-likeness (QED) is 0.00915. The largest absolute Gasteiger partial charge is 0.491 e. The summed E-state index contributed by atoms with van der Waals surface area (Å²) in [7, 11) is 0. The van der Waals surface area contributed by atoms with Crippen molar-refractivity contribution in [3.05, 3.63) is 217 Å². The third-order valence-corrected chi connectivity index (χ3v) is 16.9. The van der Waals surface area contributed by atoms with Crippen molar-refractivity contribution in [3.63, 3.8) is 0 Å². The number of benzene rings is 6. The first-order valence-corrected chi connectivity index (χ1v) is 34.8. The number of esters is 3. The summed E-state index contributed by atoms with van der Waals surface area (Å²) in [4.78, 5) is 33.0. The van der Waals surface area contributed by atoms with E-state index in [9.17, 15) is 45.0 Å². The van der Waals surface area contributed by atoms with Gasteiger partial charge in [-0.1, -0.05) is 134 Å². The first-order valence-electron chi connectivity index (χ1n) is 34.8. The Morgan fingerprint density at radius 2 is 0.514 bits per heavy atom. The van der Waals surface area contributed by atoms with Crippen LogP contribution in [0.2, 0.25) is 0 Å². The van der Waals surface area contributed by atoms with Gasteiger partial charge in [-0.15, -0.1) is 0 Å². The molecule has 0 radical (unpaired) electrons. The van der Waals surface area contributed by atoms with E-state index in [-0.39, 0.29) is 114 Å². The fourth-order valence-electron chi connectivity index (χ4n) is 9.96. The summed E-state index contributed by atoms with van der Waals surface area (Å²) in [6.45, 7) is 26.4. The zero-order valence-electron chi connectivity index (χ0n) is 60.7. The lowest BCUT2D eigenvalue weighted by molar-refractivity contribution is -0.143. The molecular weight excluding hydrogens is 1360 g/mol. The predicted octanol–water partition coefficient (Wildman–Crippen LogP) is 7.91. The molecule has 6 N–H and O–H groups in total. The molecule has 9 unspecified atom stereocenters. The Balaban J connectivity index is 0.000000222. The van der Waals surface area contributed by atoms with Crippen LogP contribution < -0.4 is 28.4 Å². The number of carbonyl (C=O) groups is 3. The molecule has 0 aliphatic carbocycles. The molecule has 9 atom stereocenters. The van der Waals surface area contributed by atoms with Gasteiger partial charge in [-0.05, 0) is 106 Å². The van der Waals surface area contributed by atoms with Gasteiger partial charge in [-0.2, -0.15) is 0 Å². The normalized spacial score (nSPS) is 16.7. The van der Waals surface area contributed by atoms with Crippen LogP contribution in [0.1, 0.15) is 74.9 Å². The van der Waals surface area contributed by atoms with E-state index in [4.69, 9.17) is 71.1 Å². The topological polar surface area (TPSA) is 321 Å². The Morgan fingerprint density at radius 3 is 0.733 bits per heavy atom. The second-order valence-corrected chi connectivity index (χ2v) is 26.8. The Bertz CT molecular complexity index is 3550. The smallest absolute Gasteiger partial charge is 0.330 e. The zero-order chi connectivity index (χ0) is 75.8. The standard InChI is InChI=1S/C30H38O10.C27H34O8.C24H30O6/c1-5-28(34)39-19-24(32)16-36-15-23(31)17-37-26-11-7-21(8-12-26)30(3,4)22-9-13-27(14-10-22)38-18-25(33)20-40-29(35)6-2;1-4-26(30)35-16-22(29)14-31-13-21(28)15-32-23-9-5-19(6-10-23)27(2,3)20-7-11-24(12-8-20)33-17-25-18-34-25;1-24(2,18-5-9-21(10-6-18)28-15-23-16-30-23)17-3-7-20(8-4-17)27-12-19(25)11-26-13-22-14-29-22/h5-14,23-25,31-33H,1-2,15-20H2,3-4H3;4-12,21-22,25,28-29H,1,13-18H2,2-3H3;3-10,19,22-23,25H,11-16H2,1-2H3. The lowest BCUT2D eigenvalue weighted by atomic mass is 9.78. The average Bonchev–Trinajstić information content (AvgIpc) is 1.81. The van der Waals surface area contributed by atoms with Gasteiger partial charge < -0.3 is 102 Å². The molecule has 3 aliphatic rings. The van der Waals surface area contributed by atoms with Crippen LogP contribution in [0.5, 0.6) is 34.5 Å². The molecule has 3 saturated heterocycles. The third kappa shape index (κ3) is 30.3. The highest BCUT2D eigenvalue weighted by Gasteiger charge is 2.29. The lowest BCUT2D eigenvalue weighted by Crippen LogP contribution is -2.28. The molecule has 0 aromatic heterocycles. The van der Waals surface area contributed by atoms with Crippen molar-refractivity contribution in [3.8, 4) is 34.5 Å². The van der Waals surface area contributed by atoms with Crippen molar-refractivity contribution in [2.24, 2.45) is 0 Å². The summed E-state index contributed by atoms with van der Waals surface area (Å²) in [5.41, 5.74) is 6.06. The van der Waals surface area contributed by atoms with Gasteiger partial charge in [-0.3, -0.25) is 0 Å². The van der Waals surface area contributed by atoms with Crippen LogP contribution in [0.25, 0.3) is 0 Å². The summed E-state index contributed by atoms with van der Waals surface area (Å²) < 4.78 is 79.6.